The van der Waals surface area contributed by atoms with E-state index in [0.29, 0.717) is 22.6 Å². The molecule has 2 aliphatic rings. The van der Waals surface area contributed by atoms with Crippen molar-refractivity contribution in [1.82, 2.24) is 14.8 Å². The van der Waals surface area contributed by atoms with Gasteiger partial charge in [-0.3, -0.25) is 4.90 Å². The molecule has 0 saturated carbocycles. The van der Waals surface area contributed by atoms with Gasteiger partial charge in [-0.05, 0) is 26.0 Å². The third-order valence-electron chi connectivity index (χ3n) is 4.96. The van der Waals surface area contributed by atoms with Crippen molar-refractivity contribution in [3.63, 3.8) is 0 Å². The van der Waals surface area contributed by atoms with E-state index in [1.807, 2.05) is 0 Å². The second-order valence-electron chi connectivity index (χ2n) is 6.45. The lowest BCUT2D eigenvalue weighted by Crippen LogP contribution is -2.52. The van der Waals surface area contributed by atoms with Gasteiger partial charge in [0, 0.05) is 45.3 Å². The normalized spacial score (nSPS) is 21.6. The van der Waals surface area contributed by atoms with Gasteiger partial charge in [-0.15, -0.1) is 0 Å². The molecule has 3 rings (SSSR count). The van der Waals surface area contributed by atoms with Crippen LogP contribution in [0.2, 0.25) is 5.02 Å². The highest BCUT2D eigenvalue weighted by Crippen LogP contribution is 2.32. The molecule has 0 atom stereocenters. The van der Waals surface area contributed by atoms with Crippen molar-refractivity contribution in [2.75, 3.05) is 64.1 Å². The standard InChI is InChI=1S/C16H26ClN5O/c1-20-7-9-21(10-8-20)12-3-5-22(6-4-12)15-14(18)11-13(17)16(19-15)23-2/h11-12H,3-10,18H2,1-2H3. The van der Waals surface area contributed by atoms with Crippen LogP contribution >= 0.6 is 11.6 Å². The first-order valence-electron chi connectivity index (χ1n) is 8.26. The second-order valence-corrected chi connectivity index (χ2v) is 6.86. The molecule has 2 N–H and O–H groups in total. The number of nitrogens with two attached hydrogens (primary N) is 1. The van der Waals surface area contributed by atoms with E-state index in [2.05, 4.69) is 26.7 Å². The van der Waals surface area contributed by atoms with Crippen molar-refractivity contribution in [2.24, 2.45) is 0 Å². The Labute approximate surface area is 143 Å². The van der Waals surface area contributed by atoms with E-state index in [-0.39, 0.29) is 0 Å². The molecule has 2 saturated heterocycles. The molecule has 2 aliphatic heterocycles. The lowest BCUT2D eigenvalue weighted by Gasteiger charge is -2.42. The average Bonchev–Trinajstić information content (AvgIpc) is 2.56. The molecule has 128 valence electrons. The smallest absolute Gasteiger partial charge is 0.234 e. The highest BCUT2D eigenvalue weighted by Gasteiger charge is 2.28. The number of methoxy groups -OCH3 is 1. The number of rotatable bonds is 3. The highest BCUT2D eigenvalue weighted by atomic mass is 35.5. The number of ether oxygens (including phenoxy) is 1. The van der Waals surface area contributed by atoms with Crippen molar-refractivity contribution in [3.05, 3.63) is 11.1 Å². The number of hydrogen-bond donors (Lipinski definition) is 1. The summed E-state index contributed by atoms with van der Waals surface area (Å²) in [6.07, 6.45) is 2.30. The lowest BCUT2D eigenvalue weighted by molar-refractivity contribution is 0.0981. The van der Waals surface area contributed by atoms with Gasteiger partial charge in [0.25, 0.3) is 0 Å². The van der Waals surface area contributed by atoms with Gasteiger partial charge in [0.1, 0.15) is 5.02 Å². The zero-order valence-corrected chi connectivity index (χ0v) is 14.7. The summed E-state index contributed by atoms with van der Waals surface area (Å²) in [5.74, 6) is 1.24. The molecule has 1 aromatic rings. The molecule has 0 spiro atoms. The van der Waals surface area contributed by atoms with Gasteiger partial charge in [-0.25, -0.2) is 0 Å². The molecule has 23 heavy (non-hydrogen) atoms. The van der Waals surface area contributed by atoms with E-state index >= 15 is 0 Å². The van der Waals surface area contributed by atoms with Gasteiger partial charge in [0.2, 0.25) is 5.88 Å². The first kappa shape index (κ1) is 16.6. The van der Waals surface area contributed by atoms with Gasteiger partial charge in [0.15, 0.2) is 5.82 Å². The van der Waals surface area contributed by atoms with Crippen molar-refractivity contribution >= 4 is 23.1 Å². The third-order valence-corrected chi connectivity index (χ3v) is 5.23. The van der Waals surface area contributed by atoms with Crippen LogP contribution in [-0.2, 0) is 0 Å². The Morgan fingerprint density at radius 3 is 2.43 bits per heavy atom. The molecule has 6 nitrogen and oxygen atoms in total. The Morgan fingerprint density at radius 2 is 1.83 bits per heavy atom. The topological polar surface area (TPSA) is 57.9 Å². The average molecular weight is 340 g/mol. The molecule has 0 unspecified atom stereocenters. The van der Waals surface area contributed by atoms with E-state index in [4.69, 9.17) is 22.1 Å². The minimum atomic E-state index is 0.442. The first-order valence-corrected chi connectivity index (χ1v) is 8.64. The van der Waals surface area contributed by atoms with Crippen molar-refractivity contribution in [2.45, 2.75) is 18.9 Å². The van der Waals surface area contributed by atoms with Gasteiger partial charge in [-0.2, -0.15) is 4.98 Å². The molecule has 3 heterocycles. The molecule has 7 heteroatoms. The molecule has 0 bridgehead atoms. The molecular formula is C16H26ClN5O. The van der Waals surface area contributed by atoms with Gasteiger partial charge < -0.3 is 20.3 Å². The number of nitrogen functional groups attached to an aromatic ring is 1. The Balaban J connectivity index is 1.63. The number of halogens is 1. The predicted octanol–water partition coefficient (Wildman–Crippen LogP) is 1.54. The van der Waals surface area contributed by atoms with E-state index in [1.54, 1.807) is 13.2 Å². The van der Waals surface area contributed by atoms with Crippen LogP contribution in [0.5, 0.6) is 5.88 Å². The SMILES string of the molecule is COc1nc(N2CCC(N3CCN(C)CC3)CC2)c(N)cc1Cl. The Hall–Kier alpha value is -1.24. The quantitative estimate of drug-likeness (QED) is 0.901. The van der Waals surface area contributed by atoms with E-state index in [0.717, 1.165) is 31.7 Å². The van der Waals surface area contributed by atoms with Gasteiger partial charge in [0.05, 0.1) is 12.8 Å². The largest absolute Gasteiger partial charge is 0.480 e. The van der Waals surface area contributed by atoms with E-state index < -0.39 is 0 Å². The number of piperazine rings is 1. The summed E-state index contributed by atoms with van der Waals surface area (Å²) < 4.78 is 5.22. The predicted molar refractivity (Wildman–Crippen MR) is 94.5 cm³/mol. The minimum Gasteiger partial charge on any atom is -0.480 e. The summed E-state index contributed by atoms with van der Waals surface area (Å²) in [6, 6.07) is 2.41. The lowest BCUT2D eigenvalue weighted by atomic mass is 10.0. The summed E-state index contributed by atoms with van der Waals surface area (Å²) in [7, 11) is 3.77. The number of hydrogen-bond acceptors (Lipinski definition) is 6. The van der Waals surface area contributed by atoms with Gasteiger partial charge >= 0.3 is 0 Å². The zero-order valence-electron chi connectivity index (χ0n) is 14.0. The zero-order chi connectivity index (χ0) is 16.4. The molecule has 0 amide bonds. The number of aromatic nitrogens is 1. The first-order chi connectivity index (χ1) is 11.1. The number of pyridine rings is 1. The fraction of sp³-hybridized carbons (Fsp3) is 0.688. The maximum Gasteiger partial charge on any atom is 0.234 e. The Bertz CT molecular complexity index is 540. The summed E-state index contributed by atoms with van der Waals surface area (Å²) >= 11 is 6.08. The van der Waals surface area contributed by atoms with E-state index in [1.165, 1.54) is 26.2 Å². The Morgan fingerprint density at radius 1 is 1.17 bits per heavy atom. The maximum atomic E-state index is 6.11. The van der Waals surface area contributed by atoms with Crippen LogP contribution in [-0.4, -0.2) is 74.3 Å². The summed E-state index contributed by atoms with van der Waals surface area (Å²) in [5, 5.41) is 0.459. The molecule has 1 aromatic heterocycles. The van der Waals surface area contributed by atoms with Crippen LogP contribution in [0.4, 0.5) is 11.5 Å². The molecule has 0 aromatic carbocycles. The monoisotopic (exact) mass is 339 g/mol. The summed E-state index contributed by atoms with van der Waals surface area (Å²) in [6.45, 7) is 6.64. The summed E-state index contributed by atoms with van der Waals surface area (Å²) in [4.78, 5) is 11.8. The molecule has 0 aliphatic carbocycles. The minimum absolute atomic E-state index is 0.442. The van der Waals surface area contributed by atoms with Crippen LogP contribution in [0.15, 0.2) is 6.07 Å². The van der Waals surface area contributed by atoms with Crippen LogP contribution < -0.4 is 15.4 Å². The van der Waals surface area contributed by atoms with E-state index in [9.17, 15) is 0 Å². The number of piperidine rings is 1. The fourth-order valence-electron chi connectivity index (χ4n) is 3.50. The van der Waals surface area contributed by atoms with Gasteiger partial charge in [-0.1, -0.05) is 11.6 Å². The molecule has 2 fully saturated rings. The van der Waals surface area contributed by atoms with Crippen molar-refractivity contribution in [1.29, 1.82) is 0 Å². The van der Waals surface area contributed by atoms with Crippen LogP contribution in [0.1, 0.15) is 12.8 Å². The third kappa shape index (κ3) is 3.65. The van der Waals surface area contributed by atoms with Crippen LogP contribution in [0.25, 0.3) is 0 Å². The maximum absolute atomic E-state index is 6.11. The van der Waals surface area contributed by atoms with Crippen molar-refractivity contribution < 1.29 is 4.74 Å². The highest BCUT2D eigenvalue weighted by molar-refractivity contribution is 6.32. The fourth-order valence-corrected chi connectivity index (χ4v) is 3.74. The Kier molecular flexibility index (Phi) is 5.14. The summed E-state index contributed by atoms with van der Waals surface area (Å²) in [5.41, 5.74) is 6.73. The molecule has 0 radical (unpaired) electrons. The van der Waals surface area contributed by atoms with Crippen LogP contribution in [0, 0.1) is 0 Å². The number of likely N-dealkylation sites (N-methyl/N-ethyl adjacent to an activating group) is 1. The van der Waals surface area contributed by atoms with Crippen molar-refractivity contribution in [3.8, 4) is 5.88 Å². The molecular weight excluding hydrogens is 314 g/mol. The number of anilines is 2. The second kappa shape index (κ2) is 7.11. The van der Waals surface area contributed by atoms with Crippen LogP contribution in [0.3, 0.4) is 0 Å². The number of nitrogens with zero attached hydrogens (tertiary/aromatic N) is 4.